The Morgan fingerprint density at radius 2 is 1.93 bits per heavy atom. The molecule has 5 heteroatoms. The summed E-state index contributed by atoms with van der Waals surface area (Å²) in [5.74, 6) is 0. The fourth-order valence-corrected chi connectivity index (χ4v) is 1.80. The number of hydrogen-bond donors (Lipinski definition) is 0. The van der Waals surface area contributed by atoms with Crippen molar-refractivity contribution in [2.75, 3.05) is 0 Å². The normalized spacial score (nSPS) is 10.6. The van der Waals surface area contributed by atoms with Gasteiger partial charge in [0, 0.05) is 0 Å². The molecule has 0 saturated carbocycles. The zero-order chi connectivity index (χ0) is 10.6. The highest BCUT2D eigenvalue weighted by atomic mass is 32.2. The van der Waals surface area contributed by atoms with E-state index in [0.29, 0.717) is 5.55 Å². The van der Waals surface area contributed by atoms with E-state index in [1.165, 1.54) is 12.1 Å². The van der Waals surface area contributed by atoms with Crippen LogP contribution in [0.15, 0.2) is 29.2 Å². The third kappa shape index (κ3) is 2.28. The van der Waals surface area contributed by atoms with E-state index < -0.39 is 9.84 Å². The van der Waals surface area contributed by atoms with Gasteiger partial charge in [0.1, 0.15) is 0 Å². The van der Waals surface area contributed by atoms with E-state index in [-0.39, 0.29) is 4.90 Å². The summed E-state index contributed by atoms with van der Waals surface area (Å²) >= 11 is 0. The molecule has 4 nitrogen and oxygen atoms in total. The van der Waals surface area contributed by atoms with E-state index in [0.717, 1.165) is 12.0 Å². The molecule has 14 heavy (non-hydrogen) atoms. The van der Waals surface area contributed by atoms with Crippen molar-refractivity contribution in [3.8, 4) is 0 Å². The lowest BCUT2D eigenvalue weighted by Crippen LogP contribution is -2.02. The van der Waals surface area contributed by atoms with Crippen LogP contribution in [0.1, 0.15) is 12.5 Å². The van der Waals surface area contributed by atoms with Gasteiger partial charge in [0.2, 0.25) is 0 Å². The Hall–Kier alpha value is -1.45. The van der Waals surface area contributed by atoms with E-state index in [1.807, 2.05) is 6.92 Å². The average molecular weight is 210 g/mol. The van der Waals surface area contributed by atoms with E-state index >= 15 is 0 Å². The molecule has 74 valence electrons. The molecule has 1 aromatic carbocycles. The molecule has 0 aliphatic carbocycles. The van der Waals surface area contributed by atoms with E-state index in [1.54, 1.807) is 12.1 Å². The van der Waals surface area contributed by atoms with Crippen molar-refractivity contribution in [1.82, 2.24) is 0 Å². The molecule has 1 aromatic rings. The van der Waals surface area contributed by atoms with Gasteiger partial charge in [0.15, 0.2) is 0 Å². The summed E-state index contributed by atoms with van der Waals surface area (Å²) in [6, 6.07) is 6.46. The summed E-state index contributed by atoms with van der Waals surface area (Å²) in [5, 5.41) is 0. The topological polar surface area (TPSA) is 70.5 Å². The third-order valence-electron chi connectivity index (χ3n) is 1.85. The zero-order valence-electron chi connectivity index (χ0n) is 7.71. The van der Waals surface area contributed by atoms with Gasteiger partial charge >= 0.3 is 5.55 Å². The lowest BCUT2D eigenvalue weighted by atomic mass is 10.2. The molecule has 0 N–H and O–H groups in total. The first-order valence-corrected chi connectivity index (χ1v) is 5.66. The summed E-state index contributed by atoms with van der Waals surface area (Å²) in [4.78, 5) is 2.65. The number of benzene rings is 1. The number of hydrogen-bond acceptors (Lipinski definition) is 2. The first-order chi connectivity index (χ1) is 6.60. The SMILES string of the molecule is CCc1ccc(S(=O)(=O)C=[N+]=[N-])cc1. The van der Waals surface area contributed by atoms with Crippen molar-refractivity contribution in [3.63, 3.8) is 0 Å². The van der Waals surface area contributed by atoms with Crippen LogP contribution in [0.3, 0.4) is 0 Å². The number of rotatable bonds is 3. The van der Waals surface area contributed by atoms with Crippen LogP contribution in [-0.4, -0.2) is 18.8 Å². The van der Waals surface area contributed by atoms with Gasteiger partial charge in [-0.1, -0.05) is 19.1 Å². The summed E-state index contributed by atoms with van der Waals surface area (Å²) in [6.45, 7) is 1.98. The predicted molar refractivity (Wildman–Crippen MR) is 52.7 cm³/mol. The highest BCUT2D eigenvalue weighted by molar-refractivity contribution is 8.04. The zero-order valence-corrected chi connectivity index (χ0v) is 8.53. The van der Waals surface area contributed by atoms with Gasteiger partial charge in [-0.15, -0.1) is 0 Å². The molecule has 0 bridgehead atoms. The first-order valence-electron chi connectivity index (χ1n) is 4.11. The standard InChI is InChI=1S/C9H10N2O2S/c1-2-8-3-5-9(6-4-8)14(12,13)7-11-10/h3-7H,2H2,1H3. The highest BCUT2D eigenvalue weighted by Crippen LogP contribution is 2.10. The van der Waals surface area contributed by atoms with Gasteiger partial charge in [0.05, 0.1) is 4.90 Å². The van der Waals surface area contributed by atoms with Crippen molar-refractivity contribution in [3.05, 3.63) is 35.4 Å². The molecule has 0 fully saturated rings. The van der Waals surface area contributed by atoms with E-state index in [2.05, 4.69) is 4.79 Å². The van der Waals surface area contributed by atoms with Crippen LogP contribution in [0.2, 0.25) is 0 Å². The second-order valence-corrected chi connectivity index (χ2v) is 4.54. The molecule has 0 radical (unpaired) electrons. The number of nitrogens with zero attached hydrogens (tertiary/aromatic N) is 2. The summed E-state index contributed by atoms with van der Waals surface area (Å²) < 4.78 is 22.6. The average Bonchev–Trinajstić information content (AvgIpc) is 2.18. The second kappa shape index (κ2) is 4.17. The smallest absolute Gasteiger partial charge is 0.361 e. The molecule has 0 saturated heterocycles. The molecule has 0 aliphatic rings. The van der Waals surface area contributed by atoms with Gasteiger partial charge in [-0.25, -0.2) is 8.42 Å². The summed E-state index contributed by atoms with van der Waals surface area (Å²) in [6.07, 6.45) is 0.856. The molecule has 0 aliphatic heterocycles. The van der Waals surface area contributed by atoms with Crippen LogP contribution < -0.4 is 0 Å². The van der Waals surface area contributed by atoms with E-state index in [4.69, 9.17) is 5.53 Å². The van der Waals surface area contributed by atoms with Gasteiger partial charge in [-0.3, -0.25) is 0 Å². The van der Waals surface area contributed by atoms with Gasteiger partial charge in [-0.05, 0) is 24.1 Å². The van der Waals surface area contributed by atoms with Crippen LogP contribution in [0.4, 0.5) is 0 Å². The minimum Gasteiger partial charge on any atom is -0.361 e. The molecular weight excluding hydrogens is 200 g/mol. The fourth-order valence-electron chi connectivity index (χ4n) is 1.04. The van der Waals surface area contributed by atoms with Crippen LogP contribution >= 0.6 is 0 Å². The van der Waals surface area contributed by atoms with Crippen molar-refractivity contribution < 1.29 is 13.2 Å². The lowest BCUT2D eigenvalue weighted by Gasteiger charge is -1.97. The minimum atomic E-state index is -3.58. The Morgan fingerprint density at radius 3 is 2.36 bits per heavy atom. The molecule has 1 rings (SSSR count). The Bertz CT molecular complexity index is 456. The Labute approximate surface area is 82.7 Å². The molecule has 0 atom stereocenters. The lowest BCUT2D eigenvalue weighted by molar-refractivity contribution is 0.00754. The van der Waals surface area contributed by atoms with Gasteiger partial charge in [0.25, 0.3) is 9.84 Å². The van der Waals surface area contributed by atoms with Crippen molar-refractivity contribution in [1.29, 1.82) is 0 Å². The predicted octanol–water partition coefficient (Wildman–Crippen LogP) is 1.28. The van der Waals surface area contributed by atoms with Gasteiger partial charge < -0.3 is 5.53 Å². The number of aryl methyl sites for hydroxylation is 1. The van der Waals surface area contributed by atoms with E-state index in [9.17, 15) is 8.42 Å². The molecule has 0 unspecified atom stereocenters. The summed E-state index contributed by atoms with van der Waals surface area (Å²) in [5.41, 5.74) is 9.74. The van der Waals surface area contributed by atoms with Crippen LogP contribution in [-0.2, 0) is 16.3 Å². The second-order valence-electron chi connectivity index (χ2n) is 2.76. The maximum atomic E-state index is 11.3. The van der Waals surface area contributed by atoms with Crippen LogP contribution in [0.5, 0.6) is 0 Å². The monoisotopic (exact) mass is 210 g/mol. The third-order valence-corrected chi connectivity index (χ3v) is 3.15. The summed E-state index contributed by atoms with van der Waals surface area (Å²) in [7, 11) is -3.58. The number of sulfone groups is 1. The maximum absolute atomic E-state index is 11.3. The van der Waals surface area contributed by atoms with Crippen LogP contribution in [0.25, 0.3) is 5.53 Å². The Balaban J connectivity index is 3.16. The van der Waals surface area contributed by atoms with Crippen molar-refractivity contribution >= 4 is 15.4 Å². The molecule has 0 spiro atoms. The largest absolute Gasteiger partial charge is 0.374 e. The van der Waals surface area contributed by atoms with Crippen molar-refractivity contribution in [2.24, 2.45) is 0 Å². The Morgan fingerprint density at radius 1 is 1.36 bits per heavy atom. The molecule has 0 heterocycles. The fraction of sp³-hybridized carbons (Fsp3) is 0.222. The Kier molecular flexibility index (Phi) is 3.17. The molecule has 0 amide bonds. The van der Waals surface area contributed by atoms with Crippen LogP contribution in [0, 0.1) is 0 Å². The highest BCUT2D eigenvalue weighted by Gasteiger charge is 2.15. The maximum Gasteiger partial charge on any atom is 0.374 e. The first kappa shape index (κ1) is 10.6. The van der Waals surface area contributed by atoms with Gasteiger partial charge in [-0.2, -0.15) is 4.79 Å². The molecular formula is C9H10N2O2S. The molecule has 0 aromatic heterocycles. The minimum absolute atomic E-state index is 0.132. The van der Waals surface area contributed by atoms with Crippen molar-refractivity contribution in [2.45, 2.75) is 18.2 Å². The quantitative estimate of drug-likeness (QED) is 0.326.